The van der Waals surface area contributed by atoms with Gasteiger partial charge >= 0.3 is 0 Å². The fourth-order valence-corrected chi connectivity index (χ4v) is 2.77. The fourth-order valence-electron chi connectivity index (χ4n) is 2.77. The molecule has 2 rings (SSSR count). The third kappa shape index (κ3) is 3.26. The van der Waals surface area contributed by atoms with Crippen LogP contribution >= 0.6 is 0 Å². The summed E-state index contributed by atoms with van der Waals surface area (Å²) < 4.78 is 16.4. The average molecular weight is 330 g/mol. The topological polar surface area (TPSA) is 61.8 Å². The van der Waals surface area contributed by atoms with Crippen LogP contribution in [0.25, 0.3) is 0 Å². The number of methoxy groups -OCH3 is 3. The molecule has 24 heavy (non-hydrogen) atoms. The molecule has 0 spiro atoms. The van der Waals surface area contributed by atoms with Gasteiger partial charge in [0, 0.05) is 12.7 Å². The quantitative estimate of drug-likeness (QED) is 0.745. The van der Waals surface area contributed by atoms with Crippen LogP contribution in [0.4, 0.5) is 0 Å². The molecule has 0 aromatic heterocycles. The molecule has 5 heteroatoms. The first-order chi connectivity index (χ1) is 11.4. The van der Waals surface area contributed by atoms with Gasteiger partial charge in [-0.3, -0.25) is 9.59 Å². The van der Waals surface area contributed by atoms with E-state index in [1.54, 1.807) is 13.2 Å². The van der Waals surface area contributed by atoms with Gasteiger partial charge < -0.3 is 14.2 Å². The lowest BCUT2D eigenvalue weighted by Gasteiger charge is -2.23. The molecule has 5 nitrogen and oxygen atoms in total. The molecular formula is C19H22O5. The average Bonchev–Trinajstić information content (AvgIpc) is 2.57. The van der Waals surface area contributed by atoms with E-state index < -0.39 is 0 Å². The van der Waals surface area contributed by atoms with Gasteiger partial charge in [-0.15, -0.1) is 0 Å². The van der Waals surface area contributed by atoms with Crippen LogP contribution in [0.5, 0.6) is 11.5 Å². The number of rotatable bonds is 6. The molecule has 0 fully saturated rings. The Hall–Kier alpha value is -2.40. The Balaban J connectivity index is 2.70. The second-order valence-corrected chi connectivity index (χ2v) is 5.75. The zero-order chi connectivity index (χ0) is 17.9. The molecule has 0 aliphatic heterocycles. The summed E-state index contributed by atoms with van der Waals surface area (Å²) in [6.07, 6.45) is 4.86. The molecule has 128 valence electrons. The van der Waals surface area contributed by atoms with Crippen LogP contribution in [0.15, 0.2) is 29.9 Å². The lowest BCUT2D eigenvalue weighted by Crippen LogP contribution is -2.17. The van der Waals surface area contributed by atoms with E-state index in [0.717, 1.165) is 5.57 Å². The van der Waals surface area contributed by atoms with E-state index in [2.05, 4.69) is 0 Å². The summed E-state index contributed by atoms with van der Waals surface area (Å²) in [7, 11) is 4.55. The zero-order valence-electron chi connectivity index (χ0n) is 14.6. The molecular weight excluding hydrogens is 308 g/mol. The van der Waals surface area contributed by atoms with Crippen molar-refractivity contribution in [1.82, 2.24) is 0 Å². The molecule has 0 saturated carbocycles. The van der Waals surface area contributed by atoms with Crippen molar-refractivity contribution in [3.63, 3.8) is 0 Å². The molecule has 1 aliphatic rings. The molecule has 0 heterocycles. The molecule has 1 aliphatic carbocycles. The van der Waals surface area contributed by atoms with Crippen LogP contribution in [0.2, 0.25) is 0 Å². The summed E-state index contributed by atoms with van der Waals surface area (Å²) in [4.78, 5) is 24.6. The van der Waals surface area contributed by atoms with E-state index in [1.165, 1.54) is 26.4 Å². The molecule has 0 saturated heterocycles. The van der Waals surface area contributed by atoms with Crippen molar-refractivity contribution in [1.29, 1.82) is 0 Å². The van der Waals surface area contributed by atoms with Crippen molar-refractivity contribution in [2.24, 2.45) is 0 Å². The third-order valence-electron chi connectivity index (χ3n) is 3.95. The highest BCUT2D eigenvalue weighted by molar-refractivity contribution is 6.24. The van der Waals surface area contributed by atoms with Crippen LogP contribution in [0, 0.1) is 0 Å². The van der Waals surface area contributed by atoms with Crippen LogP contribution in [-0.4, -0.2) is 32.9 Å². The number of hydrogen-bond acceptors (Lipinski definition) is 5. The van der Waals surface area contributed by atoms with Crippen LogP contribution in [-0.2, 0) is 4.74 Å². The van der Waals surface area contributed by atoms with Gasteiger partial charge in [0.1, 0.15) is 11.5 Å². The molecule has 0 radical (unpaired) electrons. The SMILES string of the molecule is COc1cc(C(CC=C(C)C)OC)c(OC)c2c1C(=O)C=CC2=O. The summed E-state index contributed by atoms with van der Waals surface area (Å²) in [5.41, 5.74) is 2.32. The summed E-state index contributed by atoms with van der Waals surface area (Å²) in [5, 5.41) is 0. The summed E-state index contributed by atoms with van der Waals surface area (Å²) in [6, 6.07) is 1.72. The van der Waals surface area contributed by atoms with E-state index >= 15 is 0 Å². The van der Waals surface area contributed by atoms with Crippen LogP contribution in [0.1, 0.15) is 52.7 Å². The Morgan fingerprint density at radius 2 is 1.67 bits per heavy atom. The van der Waals surface area contributed by atoms with Crippen LogP contribution in [0.3, 0.4) is 0 Å². The molecule has 0 N–H and O–H groups in total. The largest absolute Gasteiger partial charge is 0.496 e. The Kier molecular flexibility index (Phi) is 5.57. The minimum Gasteiger partial charge on any atom is -0.496 e. The maximum atomic E-state index is 12.4. The van der Waals surface area contributed by atoms with E-state index in [1.807, 2.05) is 19.9 Å². The van der Waals surface area contributed by atoms with Gasteiger partial charge in [-0.2, -0.15) is 0 Å². The Morgan fingerprint density at radius 1 is 1.04 bits per heavy atom. The number of ether oxygens (including phenoxy) is 3. The third-order valence-corrected chi connectivity index (χ3v) is 3.95. The fraction of sp³-hybridized carbons (Fsp3) is 0.368. The number of allylic oxidation sites excluding steroid dienone is 3. The van der Waals surface area contributed by atoms with Gasteiger partial charge in [0.05, 0.1) is 31.5 Å². The number of carbonyl (C=O) groups is 2. The van der Waals surface area contributed by atoms with E-state index in [-0.39, 0.29) is 28.8 Å². The van der Waals surface area contributed by atoms with E-state index in [9.17, 15) is 9.59 Å². The first-order valence-electron chi connectivity index (χ1n) is 7.66. The van der Waals surface area contributed by atoms with Crippen molar-refractivity contribution in [2.75, 3.05) is 21.3 Å². The highest BCUT2D eigenvalue weighted by Gasteiger charge is 2.31. The van der Waals surface area contributed by atoms with Gasteiger partial charge in [-0.25, -0.2) is 0 Å². The minimum atomic E-state index is -0.317. The minimum absolute atomic E-state index is 0.235. The van der Waals surface area contributed by atoms with Gasteiger partial charge in [0.15, 0.2) is 11.6 Å². The van der Waals surface area contributed by atoms with Crippen molar-refractivity contribution >= 4 is 11.6 Å². The summed E-state index contributed by atoms with van der Waals surface area (Å²) >= 11 is 0. The Morgan fingerprint density at radius 3 is 2.17 bits per heavy atom. The van der Waals surface area contributed by atoms with Gasteiger partial charge in [-0.05, 0) is 38.5 Å². The molecule has 0 amide bonds. The Bertz CT molecular complexity index is 724. The zero-order valence-corrected chi connectivity index (χ0v) is 14.6. The number of hydrogen-bond donors (Lipinski definition) is 0. The number of carbonyl (C=O) groups excluding carboxylic acids is 2. The second kappa shape index (κ2) is 7.45. The predicted molar refractivity (Wildman–Crippen MR) is 91.1 cm³/mol. The maximum absolute atomic E-state index is 12.4. The van der Waals surface area contributed by atoms with Gasteiger partial charge in [0.25, 0.3) is 0 Å². The van der Waals surface area contributed by atoms with E-state index in [0.29, 0.717) is 23.5 Å². The Labute approximate surface area is 141 Å². The molecule has 1 atom stereocenters. The smallest absolute Gasteiger partial charge is 0.190 e. The normalized spacial score (nSPS) is 14.2. The number of benzene rings is 1. The lowest BCUT2D eigenvalue weighted by atomic mass is 9.88. The van der Waals surface area contributed by atoms with Crippen molar-refractivity contribution in [2.45, 2.75) is 26.4 Å². The van der Waals surface area contributed by atoms with Gasteiger partial charge in [-0.1, -0.05) is 11.6 Å². The monoisotopic (exact) mass is 330 g/mol. The first-order valence-corrected chi connectivity index (χ1v) is 7.66. The van der Waals surface area contributed by atoms with Gasteiger partial charge in [0.2, 0.25) is 0 Å². The van der Waals surface area contributed by atoms with Crippen molar-refractivity contribution in [3.05, 3.63) is 46.6 Å². The molecule has 1 aromatic carbocycles. The summed E-state index contributed by atoms with van der Waals surface area (Å²) in [5.74, 6) is 0.161. The lowest BCUT2D eigenvalue weighted by molar-refractivity contribution is 0.0972. The highest BCUT2D eigenvalue weighted by Crippen LogP contribution is 2.41. The first kappa shape index (κ1) is 17.9. The summed E-state index contributed by atoms with van der Waals surface area (Å²) in [6.45, 7) is 4.01. The predicted octanol–water partition coefficient (Wildman–Crippen LogP) is 3.68. The highest BCUT2D eigenvalue weighted by atomic mass is 16.5. The second-order valence-electron chi connectivity index (χ2n) is 5.75. The van der Waals surface area contributed by atoms with E-state index in [4.69, 9.17) is 14.2 Å². The number of fused-ring (bicyclic) bond motifs is 1. The van der Waals surface area contributed by atoms with Crippen LogP contribution < -0.4 is 9.47 Å². The number of ketones is 2. The standard InChI is InChI=1S/C19H22O5/c1-11(2)6-9-15(22-3)12-10-16(23-4)17-13(20)7-8-14(21)18(17)19(12)24-5/h6-8,10,15H,9H2,1-5H3. The molecule has 1 aromatic rings. The van der Waals surface area contributed by atoms with Crippen molar-refractivity contribution < 1.29 is 23.8 Å². The van der Waals surface area contributed by atoms with Crippen molar-refractivity contribution in [3.8, 4) is 11.5 Å². The molecule has 0 bridgehead atoms. The molecule has 1 unspecified atom stereocenters. The maximum Gasteiger partial charge on any atom is 0.190 e.